The number of carbonyl (C=O) groups excluding carboxylic acids is 1. The number of hydrogen-bond acceptors (Lipinski definition) is 3. The first-order chi connectivity index (χ1) is 8.61. The summed E-state index contributed by atoms with van der Waals surface area (Å²) in [6, 6.07) is 7.15. The first-order valence-electron chi connectivity index (χ1n) is 6.15. The third-order valence-electron chi connectivity index (χ3n) is 2.47. The van der Waals surface area contributed by atoms with E-state index in [-0.39, 0.29) is 12.5 Å². The summed E-state index contributed by atoms with van der Waals surface area (Å²) in [6.07, 6.45) is 0.980. The van der Waals surface area contributed by atoms with Gasteiger partial charge in [-0.1, -0.05) is 13.8 Å². The van der Waals surface area contributed by atoms with Crippen molar-refractivity contribution in [3.8, 4) is 11.5 Å². The molecule has 1 aromatic rings. The fourth-order valence-corrected chi connectivity index (χ4v) is 1.37. The van der Waals surface area contributed by atoms with E-state index in [1.807, 2.05) is 0 Å². The molecule has 1 rings (SSSR count). The molecule has 0 radical (unpaired) electrons. The summed E-state index contributed by atoms with van der Waals surface area (Å²) in [4.78, 5) is 11.5. The molecule has 0 atom stereocenters. The fraction of sp³-hybridized carbons (Fsp3) is 0.500. The van der Waals surface area contributed by atoms with Gasteiger partial charge >= 0.3 is 0 Å². The minimum atomic E-state index is -0.0912. The maximum Gasteiger partial charge on any atom is 0.257 e. The molecular formula is C14H21NO3. The van der Waals surface area contributed by atoms with Crippen LogP contribution in [0.2, 0.25) is 0 Å². The summed E-state index contributed by atoms with van der Waals surface area (Å²) in [5.41, 5.74) is 0. The van der Waals surface area contributed by atoms with Gasteiger partial charge in [-0.05, 0) is 36.6 Å². The highest BCUT2D eigenvalue weighted by Crippen LogP contribution is 2.16. The van der Waals surface area contributed by atoms with Crippen LogP contribution in [0.3, 0.4) is 0 Å². The van der Waals surface area contributed by atoms with E-state index >= 15 is 0 Å². The molecule has 1 N–H and O–H groups in total. The molecule has 0 bridgehead atoms. The number of ether oxygens (including phenoxy) is 2. The average Bonchev–Trinajstić information content (AvgIpc) is 2.36. The smallest absolute Gasteiger partial charge is 0.257 e. The molecule has 0 fully saturated rings. The molecule has 0 aliphatic heterocycles. The molecule has 0 aliphatic rings. The van der Waals surface area contributed by atoms with Crippen molar-refractivity contribution in [3.05, 3.63) is 24.3 Å². The van der Waals surface area contributed by atoms with Gasteiger partial charge < -0.3 is 14.8 Å². The minimum absolute atomic E-state index is 0.0461. The second kappa shape index (κ2) is 7.58. The lowest BCUT2D eigenvalue weighted by Crippen LogP contribution is -2.30. The normalized spacial score (nSPS) is 10.2. The van der Waals surface area contributed by atoms with Gasteiger partial charge in [0.05, 0.1) is 7.11 Å². The Morgan fingerprint density at radius 2 is 1.83 bits per heavy atom. The number of carbonyl (C=O) groups is 1. The van der Waals surface area contributed by atoms with Crippen molar-refractivity contribution < 1.29 is 14.3 Å². The number of benzene rings is 1. The van der Waals surface area contributed by atoms with E-state index in [1.165, 1.54) is 0 Å². The van der Waals surface area contributed by atoms with Gasteiger partial charge in [0, 0.05) is 6.54 Å². The zero-order chi connectivity index (χ0) is 13.4. The molecule has 4 heteroatoms. The highest BCUT2D eigenvalue weighted by Gasteiger charge is 2.03. The zero-order valence-electron chi connectivity index (χ0n) is 11.2. The summed E-state index contributed by atoms with van der Waals surface area (Å²) >= 11 is 0. The Morgan fingerprint density at radius 3 is 2.39 bits per heavy atom. The Labute approximate surface area is 108 Å². The van der Waals surface area contributed by atoms with Crippen molar-refractivity contribution in [3.63, 3.8) is 0 Å². The molecular weight excluding hydrogens is 230 g/mol. The Bertz CT molecular complexity index is 360. The number of nitrogens with one attached hydrogen (secondary N) is 1. The van der Waals surface area contributed by atoms with Gasteiger partial charge in [-0.15, -0.1) is 0 Å². The van der Waals surface area contributed by atoms with Crippen molar-refractivity contribution in [2.75, 3.05) is 20.3 Å². The summed E-state index contributed by atoms with van der Waals surface area (Å²) in [5, 5.41) is 2.82. The van der Waals surface area contributed by atoms with Crippen LogP contribution in [0.5, 0.6) is 11.5 Å². The van der Waals surface area contributed by atoms with Gasteiger partial charge in [0.15, 0.2) is 6.61 Å². The van der Waals surface area contributed by atoms with Crippen LogP contribution in [0, 0.1) is 5.92 Å². The zero-order valence-corrected chi connectivity index (χ0v) is 11.2. The monoisotopic (exact) mass is 251 g/mol. The van der Waals surface area contributed by atoms with Gasteiger partial charge in [0.25, 0.3) is 5.91 Å². The lowest BCUT2D eigenvalue weighted by molar-refractivity contribution is -0.123. The van der Waals surface area contributed by atoms with Gasteiger partial charge in [0.1, 0.15) is 11.5 Å². The summed E-state index contributed by atoms with van der Waals surface area (Å²) in [5.74, 6) is 1.93. The average molecular weight is 251 g/mol. The van der Waals surface area contributed by atoms with Crippen LogP contribution >= 0.6 is 0 Å². The second-order valence-electron chi connectivity index (χ2n) is 4.50. The maximum atomic E-state index is 11.5. The molecule has 0 saturated carbocycles. The van der Waals surface area contributed by atoms with Crippen LogP contribution in [-0.4, -0.2) is 26.2 Å². The number of rotatable bonds is 7. The molecule has 0 aliphatic carbocycles. The van der Waals surface area contributed by atoms with Crippen molar-refractivity contribution in [1.29, 1.82) is 0 Å². The third-order valence-corrected chi connectivity index (χ3v) is 2.47. The van der Waals surface area contributed by atoms with E-state index < -0.39 is 0 Å². The van der Waals surface area contributed by atoms with E-state index in [0.717, 1.165) is 12.2 Å². The molecule has 0 unspecified atom stereocenters. The Kier molecular flexibility index (Phi) is 6.05. The first kappa shape index (κ1) is 14.4. The minimum Gasteiger partial charge on any atom is -0.497 e. The van der Waals surface area contributed by atoms with E-state index in [1.54, 1.807) is 31.4 Å². The van der Waals surface area contributed by atoms with Crippen molar-refractivity contribution in [2.24, 2.45) is 5.92 Å². The topological polar surface area (TPSA) is 47.6 Å². The molecule has 100 valence electrons. The number of amides is 1. The highest BCUT2D eigenvalue weighted by atomic mass is 16.5. The standard InChI is InChI=1S/C14H21NO3/c1-11(2)8-9-15-14(16)10-18-13-6-4-12(17-3)5-7-13/h4-7,11H,8-10H2,1-3H3,(H,15,16). The lowest BCUT2D eigenvalue weighted by atomic mass is 10.1. The van der Waals surface area contributed by atoms with E-state index in [4.69, 9.17) is 9.47 Å². The molecule has 18 heavy (non-hydrogen) atoms. The van der Waals surface area contributed by atoms with Crippen LogP contribution in [0.15, 0.2) is 24.3 Å². The highest BCUT2D eigenvalue weighted by molar-refractivity contribution is 5.77. The first-order valence-corrected chi connectivity index (χ1v) is 6.15. The quantitative estimate of drug-likeness (QED) is 0.808. The SMILES string of the molecule is COc1ccc(OCC(=O)NCCC(C)C)cc1. The Balaban J connectivity index is 2.24. The second-order valence-corrected chi connectivity index (χ2v) is 4.50. The molecule has 0 saturated heterocycles. The van der Waals surface area contributed by atoms with Crippen molar-refractivity contribution >= 4 is 5.91 Å². The lowest BCUT2D eigenvalue weighted by Gasteiger charge is -2.09. The summed E-state index contributed by atoms with van der Waals surface area (Å²) < 4.78 is 10.4. The van der Waals surface area contributed by atoms with E-state index in [0.29, 0.717) is 18.2 Å². The van der Waals surface area contributed by atoms with Gasteiger partial charge in [-0.2, -0.15) is 0 Å². The number of hydrogen-bond donors (Lipinski definition) is 1. The molecule has 0 aromatic heterocycles. The molecule has 1 amide bonds. The molecule has 0 heterocycles. The largest absolute Gasteiger partial charge is 0.497 e. The van der Waals surface area contributed by atoms with Crippen LogP contribution in [0.4, 0.5) is 0 Å². The molecule has 4 nitrogen and oxygen atoms in total. The molecule has 0 spiro atoms. The van der Waals surface area contributed by atoms with Crippen molar-refractivity contribution in [2.45, 2.75) is 20.3 Å². The number of methoxy groups -OCH3 is 1. The fourth-order valence-electron chi connectivity index (χ4n) is 1.37. The van der Waals surface area contributed by atoms with E-state index in [2.05, 4.69) is 19.2 Å². The molecule has 1 aromatic carbocycles. The third kappa shape index (κ3) is 5.57. The predicted octanol–water partition coefficient (Wildman–Crippen LogP) is 2.24. The Morgan fingerprint density at radius 1 is 1.22 bits per heavy atom. The van der Waals surface area contributed by atoms with Crippen LogP contribution < -0.4 is 14.8 Å². The summed E-state index contributed by atoms with van der Waals surface area (Å²) in [7, 11) is 1.61. The van der Waals surface area contributed by atoms with Crippen LogP contribution in [0.25, 0.3) is 0 Å². The van der Waals surface area contributed by atoms with Gasteiger partial charge in [-0.25, -0.2) is 0 Å². The summed E-state index contributed by atoms with van der Waals surface area (Å²) in [6.45, 7) is 4.99. The van der Waals surface area contributed by atoms with Gasteiger partial charge in [0.2, 0.25) is 0 Å². The predicted molar refractivity (Wildman–Crippen MR) is 71.0 cm³/mol. The Hall–Kier alpha value is -1.71. The van der Waals surface area contributed by atoms with Crippen LogP contribution in [-0.2, 0) is 4.79 Å². The maximum absolute atomic E-state index is 11.5. The van der Waals surface area contributed by atoms with Crippen LogP contribution in [0.1, 0.15) is 20.3 Å². The van der Waals surface area contributed by atoms with Crippen molar-refractivity contribution in [1.82, 2.24) is 5.32 Å². The van der Waals surface area contributed by atoms with E-state index in [9.17, 15) is 4.79 Å². The van der Waals surface area contributed by atoms with Gasteiger partial charge in [-0.3, -0.25) is 4.79 Å².